The molecule has 1 aliphatic heterocycles. The van der Waals surface area contributed by atoms with E-state index in [-0.39, 0.29) is 6.61 Å². The van der Waals surface area contributed by atoms with Gasteiger partial charge in [-0.15, -0.1) is 0 Å². The molecule has 0 bridgehead atoms. The molecule has 1 saturated heterocycles. The molecular weight excluding hydrogens is 391 g/mol. The van der Waals surface area contributed by atoms with Crippen LogP contribution >= 0.6 is 0 Å². The van der Waals surface area contributed by atoms with Crippen molar-refractivity contribution in [3.63, 3.8) is 0 Å². The van der Waals surface area contributed by atoms with Crippen molar-refractivity contribution < 1.29 is 22.7 Å². The molecule has 0 atom stereocenters. The summed E-state index contributed by atoms with van der Waals surface area (Å²) in [4.78, 5) is 14.2. The second-order valence-corrected chi connectivity index (χ2v) is 7.58. The fourth-order valence-corrected chi connectivity index (χ4v) is 3.93. The second kappa shape index (κ2) is 9.47. The number of piperidine rings is 1. The van der Waals surface area contributed by atoms with Gasteiger partial charge in [0.05, 0.1) is 12.2 Å². The van der Waals surface area contributed by atoms with Gasteiger partial charge in [0.2, 0.25) is 0 Å². The lowest BCUT2D eigenvalue weighted by molar-refractivity contribution is -0.138. The summed E-state index contributed by atoms with van der Waals surface area (Å²) in [5.74, 6) is -0.476. The Balaban J connectivity index is 1.84. The minimum absolute atomic E-state index is 0.255. The van der Waals surface area contributed by atoms with Crippen LogP contribution in [0.15, 0.2) is 66.7 Å². The standard InChI is InChI=1S/C24H26F3NO2/c1-2-30-22(29)11-12-23(20-9-6-10-21(17-20)24(25,26)27)13-15-28(16-14-23)18-19-7-4-3-5-8-19/h3-12,17H,2,13-16,18H2,1H3. The van der Waals surface area contributed by atoms with Gasteiger partial charge in [-0.3, -0.25) is 4.90 Å². The number of hydrogen-bond donors (Lipinski definition) is 0. The van der Waals surface area contributed by atoms with Gasteiger partial charge in [-0.05, 0) is 50.0 Å². The van der Waals surface area contributed by atoms with Gasteiger partial charge in [-0.2, -0.15) is 13.2 Å². The molecule has 0 amide bonds. The Bertz CT molecular complexity index is 870. The third kappa shape index (κ3) is 5.51. The number of rotatable bonds is 6. The molecule has 160 valence electrons. The maximum atomic E-state index is 13.3. The lowest BCUT2D eigenvalue weighted by atomic mass is 9.72. The van der Waals surface area contributed by atoms with Gasteiger partial charge in [0, 0.05) is 18.0 Å². The van der Waals surface area contributed by atoms with Crippen molar-refractivity contribution in [2.24, 2.45) is 0 Å². The van der Waals surface area contributed by atoms with Crippen LogP contribution in [0.5, 0.6) is 0 Å². The number of ether oxygens (including phenoxy) is 1. The molecule has 0 spiro atoms. The van der Waals surface area contributed by atoms with Crippen LogP contribution in [0.25, 0.3) is 0 Å². The summed E-state index contributed by atoms with van der Waals surface area (Å²) < 4.78 is 44.8. The van der Waals surface area contributed by atoms with Gasteiger partial charge in [-0.25, -0.2) is 4.79 Å². The average Bonchev–Trinajstić information content (AvgIpc) is 2.74. The normalized spacial score (nSPS) is 17.2. The summed E-state index contributed by atoms with van der Waals surface area (Å²) in [7, 11) is 0. The molecule has 6 heteroatoms. The first kappa shape index (κ1) is 22.1. The molecule has 0 radical (unpaired) electrons. The monoisotopic (exact) mass is 417 g/mol. The first-order valence-electron chi connectivity index (χ1n) is 10.1. The van der Waals surface area contributed by atoms with Crippen molar-refractivity contribution in [1.29, 1.82) is 0 Å². The predicted molar refractivity (Wildman–Crippen MR) is 110 cm³/mol. The molecular formula is C24H26F3NO2. The van der Waals surface area contributed by atoms with Crippen LogP contribution < -0.4 is 0 Å². The molecule has 0 aliphatic carbocycles. The minimum atomic E-state index is -4.41. The Morgan fingerprint density at radius 1 is 1.10 bits per heavy atom. The van der Waals surface area contributed by atoms with E-state index in [9.17, 15) is 18.0 Å². The van der Waals surface area contributed by atoms with Crippen LogP contribution in [0.1, 0.15) is 36.5 Å². The zero-order chi connectivity index (χ0) is 21.6. The maximum absolute atomic E-state index is 13.3. The highest BCUT2D eigenvalue weighted by Crippen LogP contribution is 2.40. The van der Waals surface area contributed by atoms with E-state index in [1.807, 2.05) is 18.2 Å². The molecule has 1 aliphatic rings. The minimum Gasteiger partial charge on any atom is -0.463 e. The molecule has 2 aromatic rings. The molecule has 3 nitrogen and oxygen atoms in total. The van der Waals surface area contributed by atoms with Crippen molar-refractivity contribution in [3.8, 4) is 0 Å². The SMILES string of the molecule is CCOC(=O)C=CC1(c2cccc(C(F)(F)F)c2)CCN(Cc2ccccc2)CC1. The van der Waals surface area contributed by atoms with Crippen LogP contribution in [0.4, 0.5) is 13.2 Å². The van der Waals surface area contributed by atoms with E-state index in [1.54, 1.807) is 19.1 Å². The van der Waals surface area contributed by atoms with E-state index >= 15 is 0 Å². The van der Waals surface area contributed by atoms with Gasteiger partial charge in [0.25, 0.3) is 0 Å². The van der Waals surface area contributed by atoms with Gasteiger partial charge in [0.15, 0.2) is 0 Å². The van der Waals surface area contributed by atoms with Gasteiger partial charge in [0.1, 0.15) is 0 Å². The fraction of sp³-hybridized carbons (Fsp3) is 0.375. The lowest BCUT2D eigenvalue weighted by Gasteiger charge is -2.40. The Morgan fingerprint density at radius 3 is 2.43 bits per heavy atom. The van der Waals surface area contributed by atoms with Crippen molar-refractivity contribution in [3.05, 3.63) is 83.4 Å². The molecule has 0 unspecified atom stereocenters. The highest BCUT2D eigenvalue weighted by atomic mass is 19.4. The summed E-state index contributed by atoms with van der Waals surface area (Å²) in [6.45, 7) is 4.21. The van der Waals surface area contributed by atoms with Crippen molar-refractivity contribution in [2.75, 3.05) is 19.7 Å². The quantitative estimate of drug-likeness (QED) is 0.468. The Hall–Kier alpha value is -2.60. The van der Waals surface area contributed by atoms with E-state index in [4.69, 9.17) is 4.74 Å². The summed E-state index contributed by atoms with van der Waals surface area (Å²) in [6.07, 6.45) is -0.0683. The second-order valence-electron chi connectivity index (χ2n) is 7.58. The number of alkyl halides is 3. The third-order valence-electron chi connectivity index (χ3n) is 5.59. The fourth-order valence-electron chi connectivity index (χ4n) is 3.93. The number of allylic oxidation sites excluding steroid dienone is 1. The third-order valence-corrected chi connectivity index (χ3v) is 5.59. The van der Waals surface area contributed by atoms with Crippen molar-refractivity contribution in [2.45, 2.75) is 37.9 Å². The van der Waals surface area contributed by atoms with Crippen LogP contribution in [0.3, 0.4) is 0 Å². The summed E-state index contributed by atoms with van der Waals surface area (Å²) in [6, 6.07) is 15.5. The van der Waals surface area contributed by atoms with Gasteiger partial charge >= 0.3 is 12.1 Å². The van der Waals surface area contributed by atoms with Crippen LogP contribution in [0.2, 0.25) is 0 Å². The average molecular weight is 417 g/mol. The van der Waals surface area contributed by atoms with Crippen molar-refractivity contribution in [1.82, 2.24) is 4.90 Å². The molecule has 0 N–H and O–H groups in total. The number of benzene rings is 2. The number of nitrogens with zero attached hydrogens (tertiary/aromatic N) is 1. The first-order chi connectivity index (χ1) is 14.3. The summed E-state index contributed by atoms with van der Waals surface area (Å²) in [5.41, 5.74) is 0.472. The molecule has 1 heterocycles. The van der Waals surface area contributed by atoms with E-state index in [0.29, 0.717) is 18.4 Å². The zero-order valence-electron chi connectivity index (χ0n) is 17.0. The van der Waals surface area contributed by atoms with Crippen LogP contribution in [-0.2, 0) is 27.7 Å². The van der Waals surface area contributed by atoms with E-state index in [2.05, 4.69) is 17.0 Å². The van der Waals surface area contributed by atoms with Crippen LogP contribution in [0, 0.1) is 0 Å². The molecule has 3 rings (SSSR count). The number of carbonyl (C=O) groups excluding carboxylic acids is 1. The Labute approximate surface area is 175 Å². The molecule has 0 aromatic heterocycles. The highest BCUT2D eigenvalue weighted by Gasteiger charge is 2.37. The first-order valence-corrected chi connectivity index (χ1v) is 10.1. The molecule has 1 fully saturated rings. The van der Waals surface area contributed by atoms with E-state index in [1.165, 1.54) is 23.8 Å². The Kier molecular flexibility index (Phi) is 6.98. The smallest absolute Gasteiger partial charge is 0.416 e. The molecule has 30 heavy (non-hydrogen) atoms. The summed E-state index contributed by atoms with van der Waals surface area (Å²) in [5, 5.41) is 0. The highest BCUT2D eigenvalue weighted by molar-refractivity contribution is 5.82. The van der Waals surface area contributed by atoms with Crippen LogP contribution in [-0.4, -0.2) is 30.6 Å². The predicted octanol–water partition coefficient (Wildman–Crippen LogP) is 5.36. The largest absolute Gasteiger partial charge is 0.463 e. The number of halogens is 3. The van der Waals surface area contributed by atoms with Gasteiger partial charge in [-0.1, -0.05) is 54.6 Å². The topological polar surface area (TPSA) is 29.5 Å². The number of likely N-dealkylation sites (tertiary alicyclic amines) is 1. The Morgan fingerprint density at radius 2 is 1.80 bits per heavy atom. The number of esters is 1. The number of carbonyl (C=O) groups is 1. The van der Waals surface area contributed by atoms with Crippen molar-refractivity contribution >= 4 is 5.97 Å². The lowest BCUT2D eigenvalue weighted by Crippen LogP contribution is -2.41. The number of hydrogen-bond acceptors (Lipinski definition) is 3. The van der Waals surface area contributed by atoms with E-state index in [0.717, 1.165) is 25.7 Å². The molecule has 0 saturated carbocycles. The maximum Gasteiger partial charge on any atom is 0.416 e. The zero-order valence-corrected chi connectivity index (χ0v) is 17.0. The summed E-state index contributed by atoms with van der Waals surface area (Å²) >= 11 is 0. The molecule has 2 aromatic carbocycles. The van der Waals surface area contributed by atoms with Gasteiger partial charge < -0.3 is 4.74 Å². The van der Waals surface area contributed by atoms with E-state index < -0.39 is 23.1 Å².